The molecule has 1 aromatic carbocycles. The average Bonchev–Trinajstić information content (AvgIpc) is 2.71. The number of benzene rings is 1. The van der Waals surface area contributed by atoms with Crippen molar-refractivity contribution in [2.24, 2.45) is 0 Å². The molecule has 6 heteroatoms. The summed E-state index contributed by atoms with van der Waals surface area (Å²) in [5.74, 6) is 7.15. The Balaban J connectivity index is 1.99. The van der Waals surface area contributed by atoms with Gasteiger partial charge in [0, 0.05) is 12.2 Å². The Kier molecular flexibility index (Phi) is 4.19. The topological polar surface area (TPSA) is 56.7 Å². The second kappa shape index (κ2) is 5.86. The van der Waals surface area contributed by atoms with Crippen LogP contribution < -0.4 is 5.84 Å². The second-order valence-electron chi connectivity index (χ2n) is 3.93. The Morgan fingerprint density at radius 2 is 2.00 bits per heavy atom. The lowest BCUT2D eigenvalue weighted by molar-refractivity contribution is 0.627. The van der Waals surface area contributed by atoms with Gasteiger partial charge in [-0.05, 0) is 24.1 Å². The minimum Gasteiger partial charge on any atom is -0.336 e. The molecule has 0 radical (unpaired) electrons. The molecule has 0 bridgehead atoms. The average molecular weight is 266 g/mol. The van der Waals surface area contributed by atoms with Crippen molar-refractivity contribution < 1.29 is 4.39 Å². The van der Waals surface area contributed by atoms with Gasteiger partial charge in [-0.25, -0.2) is 9.07 Å². The maximum Gasteiger partial charge on any atom is 0.210 e. The molecule has 2 N–H and O–H groups in total. The summed E-state index contributed by atoms with van der Waals surface area (Å²) in [6.45, 7) is 2.07. The summed E-state index contributed by atoms with van der Waals surface area (Å²) in [5.41, 5.74) is 1.03. The van der Waals surface area contributed by atoms with Gasteiger partial charge in [0.1, 0.15) is 5.82 Å². The molecule has 0 spiro atoms. The highest BCUT2D eigenvalue weighted by molar-refractivity contribution is 7.98. The molecule has 96 valence electrons. The molecule has 0 unspecified atom stereocenters. The Morgan fingerprint density at radius 1 is 1.28 bits per heavy atom. The van der Waals surface area contributed by atoms with Gasteiger partial charge in [0.25, 0.3) is 0 Å². The van der Waals surface area contributed by atoms with Gasteiger partial charge >= 0.3 is 0 Å². The third-order valence-corrected chi connectivity index (χ3v) is 3.50. The summed E-state index contributed by atoms with van der Waals surface area (Å²) in [6, 6.07) is 6.41. The lowest BCUT2D eigenvalue weighted by Gasteiger charge is -2.03. The van der Waals surface area contributed by atoms with E-state index in [9.17, 15) is 4.39 Å². The molecule has 0 amide bonds. The molecule has 1 aromatic heterocycles. The summed E-state index contributed by atoms with van der Waals surface area (Å²) in [4.78, 5) is 0. The van der Waals surface area contributed by atoms with Crippen molar-refractivity contribution in [3.8, 4) is 0 Å². The Bertz CT molecular complexity index is 509. The first-order chi connectivity index (χ1) is 8.70. The number of hydrogen-bond donors (Lipinski definition) is 1. The molecule has 0 saturated carbocycles. The zero-order valence-corrected chi connectivity index (χ0v) is 11.0. The van der Waals surface area contributed by atoms with E-state index < -0.39 is 0 Å². The highest BCUT2D eigenvalue weighted by Gasteiger charge is 2.09. The van der Waals surface area contributed by atoms with Gasteiger partial charge in [-0.15, -0.1) is 10.2 Å². The van der Waals surface area contributed by atoms with E-state index in [1.165, 1.54) is 28.6 Å². The molecule has 0 fully saturated rings. The van der Waals surface area contributed by atoms with Gasteiger partial charge in [-0.3, -0.25) is 0 Å². The number of nitrogen functional groups attached to an aromatic ring is 1. The number of aryl methyl sites for hydroxylation is 1. The fourth-order valence-corrected chi connectivity index (χ4v) is 2.36. The second-order valence-corrected chi connectivity index (χ2v) is 4.88. The van der Waals surface area contributed by atoms with Crippen LogP contribution in [0.25, 0.3) is 0 Å². The van der Waals surface area contributed by atoms with Crippen LogP contribution in [0.2, 0.25) is 0 Å². The maximum atomic E-state index is 12.7. The van der Waals surface area contributed by atoms with Crippen LogP contribution in [0, 0.1) is 5.82 Å². The zero-order valence-electron chi connectivity index (χ0n) is 10.1. The standard InChI is InChI=1S/C12H15FN4S/c1-2-3-11-15-16-12(17(11)14)18-8-9-4-6-10(13)7-5-9/h4-7H,2-3,8,14H2,1H3. The number of thioether (sulfide) groups is 1. The van der Waals surface area contributed by atoms with Crippen LogP contribution in [-0.2, 0) is 12.2 Å². The first-order valence-electron chi connectivity index (χ1n) is 5.77. The van der Waals surface area contributed by atoms with Crippen molar-refractivity contribution in [2.45, 2.75) is 30.7 Å². The van der Waals surface area contributed by atoms with E-state index in [0.717, 1.165) is 24.2 Å². The van der Waals surface area contributed by atoms with Crippen molar-refractivity contribution in [3.63, 3.8) is 0 Å². The van der Waals surface area contributed by atoms with Crippen LogP contribution in [0.5, 0.6) is 0 Å². The number of aromatic nitrogens is 3. The smallest absolute Gasteiger partial charge is 0.210 e. The normalized spacial score (nSPS) is 10.8. The number of nitrogens with two attached hydrogens (primary N) is 1. The molecular formula is C12H15FN4S. The third kappa shape index (κ3) is 3.01. The summed E-state index contributed by atoms with van der Waals surface area (Å²) in [5, 5.41) is 8.77. The van der Waals surface area contributed by atoms with Crippen molar-refractivity contribution in [3.05, 3.63) is 41.5 Å². The monoisotopic (exact) mass is 266 g/mol. The van der Waals surface area contributed by atoms with Crippen molar-refractivity contribution in [1.82, 2.24) is 14.9 Å². The zero-order chi connectivity index (χ0) is 13.0. The van der Waals surface area contributed by atoms with E-state index in [2.05, 4.69) is 17.1 Å². The van der Waals surface area contributed by atoms with E-state index in [0.29, 0.717) is 10.9 Å². The van der Waals surface area contributed by atoms with Crippen molar-refractivity contribution in [2.75, 3.05) is 5.84 Å². The van der Waals surface area contributed by atoms with E-state index in [-0.39, 0.29) is 5.82 Å². The molecule has 0 aliphatic heterocycles. The van der Waals surface area contributed by atoms with Crippen LogP contribution in [0.3, 0.4) is 0 Å². The number of halogens is 1. The molecule has 2 aromatic rings. The predicted octanol–water partition coefficient (Wildman–Crippen LogP) is 2.38. The minimum atomic E-state index is -0.226. The van der Waals surface area contributed by atoms with E-state index in [1.54, 1.807) is 12.1 Å². The fraction of sp³-hybridized carbons (Fsp3) is 0.333. The molecule has 0 atom stereocenters. The van der Waals surface area contributed by atoms with Crippen LogP contribution in [0.1, 0.15) is 24.7 Å². The Morgan fingerprint density at radius 3 is 2.67 bits per heavy atom. The third-order valence-electron chi connectivity index (χ3n) is 2.49. The van der Waals surface area contributed by atoms with Crippen LogP contribution in [0.4, 0.5) is 4.39 Å². The van der Waals surface area contributed by atoms with Gasteiger partial charge in [-0.1, -0.05) is 30.8 Å². The summed E-state index contributed by atoms with van der Waals surface area (Å²) < 4.78 is 14.3. The van der Waals surface area contributed by atoms with Gasteiger partial charge in [0.15, 0.2) is 5.82 Å². The Hall–Kier alpha value is -1.56. The van der Waals surface area contributed by atoms with Crippen LogP contribution >= 0.6 is 11.8 Å². The predicted molar refractivity (Wildman–Crippen MR) is 70.1 cm³/mol. The highest BCUT2D eigenvalue weighted by Crippen LogP contribution is 2.20. The molecular weight excluding hydrogens is 251 g/mol. The highest BCUT2D eigenvalue weighted by atomic mass is 32.2. The number of nitrogens with zero attached hydrogens (tertiary/aromatic N) is 3. The molecule has 4 nitrogen and oxygen atoms in total. The lowest BCUT2D eigenvalue weighted by atomic mass is 10.2. The SMILES string of the molecule is CCCc1nnc(SCc2ccc(F)cc2)n1N. The summed E-state index contributed by atoms with van der Waals surface area (Å²) in [7, 11) is 0. The number of hydrogen-bond acceptors (Lipinski definition) is 4. The maximum absolute atomic E-state index is 12.7. The fourth-order valence-electron chi connectivity index (χ4n) is 1.53. The minimum absolute atomic E-state index is 0.226. The quantitative estimate of drug-likeness (QED) is 0.667. The van der Waals surface area contributed by atoms with E-state index in [1.807, 2.05) is 0 Å². The van der Waals surface area contributed by atoms with Crippen LogP contribution in [0.15, 0.2) is 29.4 Å². The first kappa shape index (κ1) is 12.9. The van der Waals surface area contributed by atoms with Gasteiger partial charge in [-0.2, -0.15) is 0 Å². The molecule has 0 aliphatic rings. The largest absolute Gasteiger partial charge is 0.336 e. The van der Waals surface area contributed by atoms with Gasteiger partial charge in [0.2, 0.25) is 5.16 Å². The molecule has 0 aliphatic carbocycles. The van der Waals surface area contributed by atoms with Crippen molar-refractivity contribution >= 4 is 11.8 Å². The van der Waals surface area contributed by atoms with E-state index >= 15 is 0 Å². The Labute approximate surface area is 109 Å². The lowest BCUT2D eigenvalue weighted by Crippen LogP contribution is -2.13. The van der Waals surface area contributed by atoms with Crippen LogP contribution in [-0.4, -0.2) is 14.9 Å². The molecule has 2 rings (SSSR count). The number of rotatable bonds is 5. The van der Waals surface area contributed by atoms with Gasteiger partial charge < -0.3 is 5.84 Å². The molecule has 18 heavy (non-hydrogen) atoms. The molecule has 1 heterocycles. The first-order valence-corrected chi connectivity index (χ1v) is 6.76. The van der Waals surface area contributed by atoms with Gasteiger partial charge in [0.05, 0.1) is 0 Å². The summed E-state index contributed by atoms with van der Waals surface area (Å²) in [6.07, 6.45) is 1.80. The van der Waals surface area contributed by atoms with E-state index in [4.69, 9.17) is 5.84 Å². The molecule has 0 saturated heterocycles. The van der Waals surface area contributed by atoms with Crippen molar-refractivity contribution in [1.29, 1.82) is 0 Å². The summed E-state index contributed by atoms with van der Waals surface area (Å²) >= 11 is 1.49.